The molecule has 3 rings (SSSR count). The molecule has 1 saturated heterocycles. The van der Waals surface area contributed by atoms with Gasteiger partial charge < -0.3 is 15.1 Å². The second-order valence-corrected chi connectivity index (χ2v) is 8.44. The van der Waals surface area contributed by atoms with Crippen LogP contribution < -0.4 is 10.6 Å². The fourth-order valence-electron chi connectivity index (χ4n) is 2.90. The number of hydrogen-bond donors (Lipinski definition) is 2. The van der Waals surface area contributed by atoms with Crippen LogP contribution in [0.2, 0.25) is 5.02 Å². The molecule has 2 N–H and O–H groups in total. The summed E-state index contributed by atoms with van der Waals surface area (Å²) in [5.74, 6) is -0.397. The Morgan fingerprint density at radius 3 is 2.48 bits per heavy atom. The van der Waals surface area contributed by atoms with Crippen LogP contribution in [-0.4, -0.2) is 60.0 Å². The van der Waals surface area contributed by atoms with E-state index in [1.54, 1.807) is 36.4 Å². The number of thiocarbonyl (C=S) groups is 1. The maximum atomic E-state index is 12.8. The van der Waals surface area contributed by atoms with Gasteiger partial charge in [0, 0.05) is 41.8 Å². The number of amides is 2. The highest BCUT2D eigenvalue weighted by molar-refractivity contribution is 9.10. The van der Waals surface area contributed by atoms with Crippen molar-refractivity contribution in [2.24, 2.45) is 0 Å². The fraction of sp³-hybridized carbons (Fsp3) is 0.250. The molecule has 0 bridgehead atoms. The van der Waals surface area contributed by atoms with E-state index in [1.165, 1.54) is 0 Å². The number of benzene rings is 2. The maximum absolute atomic E-state index is 12.8. The van der Waals surface area contributed by atoms with E-state index in [9.17, 15) is 9.59 Å². The summed E-state index contributed by atoms with van der Waals surface area (Å²) in [6.45, 7) is 3.05. The second kappa shape index (κ2) is 9.67. The van der Waals surface area contributed by atoms with E-state index in [2.05, 4.69) is 31.5 Å². The summed E-state index contributed by atoms with van der Waals surface area (Å²) in [6, 6.07) is 12.0. The average molecular weight is 496 g/mol. The van der Waals surface area contributed by atoms with E-state index in [0.29, 0.717) is 34.9 Å². The number of rotatable bonds is 3. The topological polar surface area (TPSA) is 64.7 Å². The van der Waals surface area contributed by atoms with Crippen LogP contribution in [0.25, 0.3) is 0 Å². The van der Waals surface area contributed by atoms with Gasteiger partial charge in [-0.25, -0.2) is 0 Å². The van der Waals surface area contributed by atoms with Crippen LogP contribution in [0.15, 0.2) is 46.9 Å². The summed E-state index contributed by atoms with van der Waals surface area (Å²) in [4.78, 5) is 29.1. The number of anilines is 1. The summed E-state index contributed by atoms with van der Waals surface area (Å²) < 4.78 is 0.794. The summed E-state index contributed by atoms with van der Waals surface area (Å²) in [7, 11) is 2.04. The molecule has 29 heavy (non-hydrogen) atoms. The van der Waals surface area contributed by atoms with Crippen LogP contribution in [0, 0.1) is 0 Å². The summed E-state index contributed by atoms with van der Waals surface area (Å²) in [5.41, 5.74) is 1.45. The van der Waals surface area contributed by atoms with Crippen molar-refractivity contribution in [2.45, 2.75) is 0 Å². The fourth-order valence-corrected chi connectivity index (χ4v) is 3.67. The van der Waals surface area contributed by atoms with Crippen molar-refractivity contribution < 1.29 is 9.59 Å². The van der Waals surface area contributed by atoms with E-state index in [4.69, 9.17) is 23.8 Å². The van der Waals surface area contributed by atoms with E-state index >= 15 is 0 Å². The molecule has 0 aromatic heterocycles. The summed E-state index contributed by atoms with van der Waals surface area (Å²) >= 11 is 14.8. The molecule has 1 heterocycles. The van der Waals surface area contributed by atoms with Gasteiger partial charge in [0.2, 0.25) is 0 Å². The van der Waals surface area contributed by atoms with Crippen molar-refractivity contribution in [3.8, 4) is 0 Å². The molecule has 9 heteroatoms. The van der Waals surface area contributed by atoms with Gasteiger partial charge in [0.25, 0.3) is 11.8 Å². The van der Waals surface area contributed by atoms with Crippen LogP contribution in [0.3, 0.4) is 0 Å². The first-order valence-corrected chi connectivity index (χ1v) is 10.6. The molecule has 6 nitrogen and oxygen atoms in total. The second-order valence-electron chi connectivity index (χ2n) is 6.71. The van der Waals surface area contributed by atoms with Crippen LogP contribution in [0.4, 0.5) is 5.69 Å². The molecule has 0 aliphatic carbocycles. The minimum atomic E-state index is -0.343. The summed E-state index contributed by atoms with van der Waals surface area (Å²) in [6.07, 6.45) is 0. The number of carbonyl (C=O) groups excluding carboxylic acids is 2. The molecule has 1 aliphatic rings. The molecular weight excluding hydrogens is 476 g/mol. The lowest BCUT2D eigenvalue weighted by atomic mass is 10.1. The summed E-state index contributed by atoms with van der Waals surface area (Å²) in [5, 5.41) is 6.02. The Hall–Kier alpha value is -2.00. The Labute approximate surface area is 188 Å². The smallest absolute Gasteiger partial charge is 0.257 e. The molecule has 0 spiro atoms. The van der Waals surface area contributed by atoms with Gasteiger partial charge in [-0.05, 0) is 55.7 Å². The van der Waals surface area contributed by atoms with Gasteiger partial charge in [-0.1, -0.05) is 33.6 Å². The first-order chi connectivity index (χ1) is 13.8. The van der Waals surface area contributed by atoms with E-state index in [0.717, 1.165) is 17.6 Å². The van der Waals surface area contributed by atoms with E-state index in [-0.39, 0.29) is 16.9 Å². The zero-order chi connectivity index (χ0) is 21.0. The van der Waals surface area contributed by atoms with Gasteiger partial charge in [-0.2, -0.15) is 0 Å². The van der Waals surface area contributed by atoms with Gasteiger partial charge in [0.15, 0.2) is 5.11 Å². The standard InChI is InChI=1S/C20H20BrClN4O2S/c1-25-7-9-26(10-8-25)19(28)14-5-6-16(22)17(12-14)23-20(29)24-18(27)13-3-2-4-15(21)11-13/h2-6,11-12H,7-10H2,1H3,(H2,23,24,27,29). The Bertz CT molecular complexity index is 948. The predicted molar refractivity (Wildman–Crippen MR) is 123 cm³/mol. The maximum Gasteiger partial charge on any atom is 0.257 e. The van der Waals surface area contributed by atoms with Crippen molar-refractivity contribution in [1.82, 2.24) is 15.1 Å². The van der Waals surface area contributed by atoms with Crippen molar-refractivity contribution >= 4 is 62.4 Å². The molecule has 2 aromatic carbocycles. The van der Waals surface area contributed by atoms with Gasteiger partial charge in [0.05, 0.1) is 10.7 Å². The molecular formula is C20H20BrClN4O2S. The largest absolute Gasteiger partial charge is 0.336 e. The lowest BCUT2D eigenvalue weighted by Crippen LogP contribution is -2.47. The van der Waals surface area contributed by atoms with Crippen molar-refractivity contribution in [1.29, 1.82) is 0 Å². The normalized spacial score (nSPS) is 14.4. The number of nitrogens with one attached hydrogen (secondary N) is 2. The van der Waals surface area contributed by atoms with E-state index in [1.807, 2.05) is 18.0 Å². The molecule has 0 saturated carbocycles. The Balaban J connectivity index is 1.67. The molecule has 0 radical (unpaired) electrons. The zero-order valence-corrected chi connectivity index (χ0v) is 18.9. The predicted octanol–water partition coefficient (Wildman–Crippen LogP) is 3.62. The molecule has 0 unspecified atom stereocenters. The average Bonchev–Trinajstić information content (AvgIpc) is 2.69. The molecule has 2 aromatic rings. The SMILES string of the molecule is CN1CCN(C(=O)c2ccc(Cl)c(NC(=S)NC(=O)c3cccc(Br)c3)c2)CC1. The number of carbonyl (C=O) groups is 2. The molecule has 1 aliphatic heterocycles. The first-order valence-electron chi connectivity index (χ1n) is 8.99. The zero-order valence-electron chi connectivity index (χ0n) is 15.7. The van der Waals surface area contributed by atoms with Crippen LogP contribution >= 0.6 is 39.7 Å². The molecule has 0 atom stereocenters. The monoisotopic (exact) mass is 494 g/mol. The highest BCUT2D eigenvalue weighted by Gasteiger charge is 2.21. The lowest BCUT2D eigenvalue weighted by Gasteiger charge is -2.32. The number of likely N-dealkylation sites (N-methyl/N-ethyl adjacent to an activating group) is 1. The minimum Gasteiger partial charge on any atom is -0.336 e. The molecule has 1 fully saturated rings. The Kier molecular flexibility index (Phi) is 7.23. The van der Waals surface area contributed by atoms with Crippen LogP contribution in [0.5, 0.6) is 0 Å². The molecule has 2 amide bonds. The van der Waals surface area contributed by atoms with Crippen molar-refractivity contribution in [2.75, 3.05) is 38.5 Å². The molecule has 152 valence electrons. The lowest BCUT2D eigenvalue weighted by molar-refractivity contribution is 0.0664. The quantitative estimate of drug-likeness (QED) is 0.637. The van der Waals surface area contributed by atoms with Crippen molar-refractivity contribution in [3.05, 3.63) is 63.1 Å². The minimum absolute atomic E-state index is 0.0538. The third-order valence-corrected chi connectivity index (χ3v) is 5.59. The van der Waals surface area contributed by atoms with Crippen molar-refractivity contribution in [3.63, 3.8) is 0 Å². The number of nitrogens with zero attached hydrogens (tertiary/aromatic N) is 2. The number of halogens is 2. The van der Waals surface area contributed by atoms with Gasteiger partial charge in [-0.3, -0.25) is 14.9 Å². The van der Waals surface area contributed by atoms with Gasteiger partial charge in [-0.15, -0.1) is 0 Å². The highest BCUT2D eigenvalue weighted by Crippen LogP contribution is 2.24. The Morgan fingerprint density at radius 2 is 1.79 bits per heavy atom. The van der Waals surface area contributed by atoms with Gasteiger partial charge in [0.1, 0.15) is 0 Å². The number of piperazine rings is 1. The third-order valence-electron chi connectivity index (χ3n) is 4.57. The number of hydrogen-bond acceptors (Lipinski definition) is 4. The van der Waals surface area contributed by atoms with Crippen LogP contribution in [0.1, 0.15) is 20.7 Å². The van der Waals surface area contributed by atoms with E-state index < -0.39 is 0 Å². The highest BCUT2D eigenvalue weighted by atomic mass is 79.9. The third kappa shape index (κ3) is 5.76. The van der Waals surface area contributed by atoms with Crippen LogP contribution in [-0.2, 0) is 0 Å². The van der Waals surface area contributed by atoms with Gasteiger partial charge >= 0.3 is 0 Å². The first kappa shape index (κ1) is 21.7. The Morgan fingerprint density at radius 1 is 1.07 bits per heavy atom.